The zero-order chi connectivity index (χ0) is 19.4. The van der Waals surface area contributed by atoms with Gasteiger partial charge in [0.15, 0.2) is 0 Å². The number of hydrogen-bond acceptors (Lipinski definition) is 3. The van der Waals surface area contributed by atoms with Crippen molar-refractivity contribution >= 4 is 28.6 Å². The van der Waals surface area contributed by atoms with E-state index in [0.717, 1.165) is 28.8 Å². The minimum Gasteiger partial charge on any atom is -0.480 e. The van der Waals surface area contributed by atoms with Crippen molar-refractivity contribution in [2.24, 2.45) is 0 Å². The molecule has 3 rings (SSSR count). The summed E-state index contributed by atoms with van der Waals surface area (Å²) in [6, 6.07) is 15.0. The first kappa shape index (κ1) is 19.4. The van der Waals surface area contributed by atoms with Crippen molar-refractivity contribution in [2.45, 2.75) is 45.3 Å². The van der Waals surface area contributed by atoms with Crippen LogP contribution >= 0.6 is 11.6 Å². The van der Waals surface area contributed by atoms with Crippen LogP contribution in [0.25, 0.3) is 11.0 Å². The molecule has 0 aliphatic heterocycles. The molecule has 2 unspecified atom stereocenters. The predicted molar refractivity (Wildman–Crippen MR) is 108 cm³/mol. The third-order valence-electron chi connectivity index (χ3n) is 4.64. The maximum absolute atomic E-state index is 11.5. The van der Waals surface area contributed by atoms with Gasteiger partial charge in [-0.1, -0.05) is 55.3 Å². The van der Waals surface area contributed by atoms with E-state index in [0.29, 0.717) is 18.0 Å². The van der Waals surface area contributed by atoms with Gasteiger partial charge < -0.3 is 9.67 Å². The molecule has 142 valence electrons. The first-order chi connectivity index (χ1) is 13.0. The molecule has 0 amide bonds. The van der Waals surface area contributed by atoms with E-state index in [4.69, 9.17) is 16.6 Å². The van der Waals surface area contributed by atoms with E-state index in [2.05, 4.69) is 22.0 Å². The number of hydrogen-bond donors (Lipinski definition) is 2. The van der Waals surface area contributed by atoms with Gasteiger partial charge in [-0.15, -0.1) is 0 Å². The summed E-state index contributed by atoms with van der Waals surface area (Å²) in [6.07, 6.45) is 1.37. The van der Waals surface area contributed by atoms with Crippen molar-refractivity contribution in [3.05, 3.63) is 64.9 Å². The normalized spacial score (nSPS) is 13.6. The second kappa shape index (κ2) is 8.55. The van der Waals surface area contributed by atoms with Gasteiger partial charge in [0, 0.05) is 11.6 Å². The average molecular weight is 386 g/mol. The molecule has 0 aliphatic carbocycles. The summed E-state index contributed by atoms with van der Waals surface area (Å²) in [5, 5.41) is 13.3. The number of nitrogens with zero attached hydrogens (tertiary/aromatic N) is 2. The highest BCUT2D eigenvalue weighted by molar-refractivity contribution is 6.31. The highest BCUT2D eigenvalue weighted by Gasteiger charge is 2.23. The third kappa shape index (κ3) is 4.49. The number of carboxylic acid groups (broad SMARTS) is 1. The molecular formula is C21H24ClN3O2. The number of halogens is 1. The molecule has 0 radical (unpaired) electrons. The lowest BCUT2D eigenvalue weighted by atomic mass is 10.1. The number of carbonyl (C=O) groups is 1. The number of imidazole rings is 1. The zero-order valence-electron chi connectivity index (χ0n) is 15.5. The maximum Gasteiger partial charge on any atom is 0.320 e. The summed E-state index contributed by atoms with van der Waals surface area (Å²) in [5.41, 5.74) is 2.95. The monoisotopic (exact) mass is 385 g/mol. The van der Waals surface area contributed by atoms with Crippen LogP contribution in [0.3, 0.4) is 0 Å². The number of aromatic nitrogens is 2. The minimum absolute atomic E-state index is 0.215. The second-order valence-electron chi connectivity index (χ2n) is 6.74. The summed E-state index contributed by atoms with van der Waals surface area (Å²) in [4.78, 5) is 16.3. The number of fused-ring (bicyclic) bond motifs is 1. The lowest BCUT2D eigenvalue weighted by Crippen LogP contribution is -2.39. The lowest BCUT2D eigenvalue weighted by molar-refractivity contribution is -0.139. The fourth-order valence-electron chi connectivity index (χ4n) is 3.33. The fraction of sp³-hybridized carbons (Fsp3) is 0.333. The Morgan fingerprint density at radius 3 is 2.67 bits per heavy atom. The topological polar surface area (TPSA) is 67.2 Å². The first-order valence-corrected chi connectivity index (χ1v) is 9.56. The van der Waals surface area contributed by atoms with Crippen molar-refractivity contribution in [3.8, 4) is 0 Å². The highest BCUT2D eigenvalue weighted by atomic mass is 35.5. The van der Waals surface area contributed by atoms with Gasteiger partial charge in [0.1, 0.15) is 11.9 Å². The highest BCUT2D eigenvalue weighted by Crippen LogP contribution is 2.25. The third-order valence-corrected chi connectivity index (χ3v) is 4.87. The first-order valence-electron chi connectivity index (χ1n) is 9.18. The Hall–Kier alpha value is -2.37. The quantitative estimate of drug-likeness (QED) is 0.592. The fourth-order valence-corrected chi connectivity index (χ4v) is 3.49. The van der Waals surface area contributed by atoms with Crippen LogP contribution in [0.2, 0.25) is 5.02 Å². The van der Waals surface area contributed by atoms with Gasteiger partial charge in [-0.3, -0.25) is 10.1 Å². The number of carboxylic acids is 1. The Labute approximate surface area is 164 Å². The smallest absolute Gasteiger partial charge is 0.320 e. The second-order valence-corrected chi connectivity index (χ2v) is 7.18. The number of nitrogens with one attached hydrogen (secondary N) is 1. The SMILES string of the molecule is CCCC(NC(C)c1nc2cc(Cl)ccc2n1Cc1ccccc1)C(=O)O. The van der Waals surface area contributed by atoms with E-state index in [1.165, 1.54) is 0 Å². The van der Waals surface area contributed by atoms with Crippen LogP contribution in [0.5, 0.6) is 0 Å². The van der Waals surface area contributed by atoms with E-state index in [-0.39, 0.29) is 6.04 Å². The Bertz CT molecular complexity index is 924. The molecule has 27 heavy (non-hydrogen) atoms. The van der Waals surface area contributed by atoms with Crippen molar-refractivity contribution in [3.63, 3.8) is 0 Å². The van der Waals surface area contributed by atoms with Crippen molar-refractivity contribution in [1.29, 1.82) is 0 Å². The molecule has 0 fully saturated rings. The summed E-state index contributed by atoms with van der Waals surface area (Å²) >= 11 is 6.14. The Morgan fingerprint density at radius 2 is 2.00 bits per heavy atom. The predicted octanol–water partition coefficient (Wildman–Crippen LogP) is 4.64. The van der Waals surface area contributed by atoms with Gasteiger partial charge in [0.2, 0.25) is 0 Å². The molecule has 0 bridgehead atoms. The summed E-state index contributed by atoms with van der Waals surface area (Å²) in [5.74, 6) is -0.0315. The molecule has 2 N–H and O–H groups in total. The van der Waals surface area contributed by atoms with Gasteiger partial charge in [-0.25, -0.2) is 4.98 Å². The molecule has 2 atom stereocenters. The summed E-state index contributed by atoms with van der Waals surface area (Å²) < 4.78 is 2.13. The lowest BCUT2D eigenvalue weighted by Gasteiger charge is -2.21. The molecule has 1 aromatic heterocycles. The largest absolute Gasteiger partial charge is 0.480 e. The van der Waals surface area contributed by atoms with E-state index in [1.54, 1.807) is 0 Å². The summed E-state index contributed by atoms with van der Waals surface area (Å²) in [6.45, 7) is 4.59. The van der Waals surface area contributed by atoms with Crippen LogP contribution in [-0.4, -0.2) is 26.7 Å². The van der Waals surface area contributed by atoms with Gasteiger partial charge in [-0.05, 0) is 37.1 Å². The molecule has 0 saturated carbocycles. The van der Waals surface area contributed by atoms with Gasteiger partial charge in [0.25, 0.3) is 0 Å². The van der Waals surface area contributed by atoms with Crippen LogP contribution in [0, 0.1) is 0 Å². The van der Waals surface area contributed by atoms with Crippen LogP contribution < -0.4 is 5.32 Å². The van der Waals surface area contributed by atoms with E-state index in [1.807, 2.05) is 50.2 Å². The minimum atomic E-state index is -0.836. The number of rotatable bonds is 8. The molecule has 5 nitrogen and oxygen atoms in total. The van der Waals surface area contributed by atoms with Crippen LogP contribution in [-0.2, 0) is 11.3 Å². The van der Waals surface area contributed by atoms with Crippen LogP contribution in [0.15, 0.2) is 48.5 Å². The Balaban J connectivity index is 2.00. The Kier molecular flexibility index (Phi) is 6.14. The van der Waals surface area contributed by atoms with Crippen LogP contribution in [0.4, 0.5) is 0 Å². The van der Waals surface area contributed by atoms with Crippen LogP contribution in [0.1, 0.15) is 44.1 Å². The molecule has 1 heterocycles. The van der Waals surface area contributed by atoms with E-state index >= 15 is 0 Å². The standard InChI is InChI=1S/C21H24ClN3O2/c1-3-7-17(21(26)27)23-14(2)20-24-18-12-16(22)10-11-19(18)25(20)13-15-8-5-4-6-9-15/h4-6,8-12,14,17,23H,3,7,13H2,1-2H3,(H,26,27). The van der Waals surface area contributed by atoms with Gasteiger partial charge >= 0.3 is 5.97 Å². The van der Waals surface area contributed by atoms with E-state index in [9.17, 15) is 9.90 Å². The van der Waals surface area contributed by atoms with Crippen molar-refractivity contribution in [1.82, 2.24) is 14.9 Å². The van der Waals surface area contributed by atoms with Crippen molar-refractivity contribution < 1.29 is 9.90 Å². The number of benzene rings is 2. The molecular weight excluding hydrogens is 362 g/mol. The molecule has 2 aromatic carbocycles. The van der Waals surface area contributed by atoms with Crippen molar-refractivity contribution in [2.75, 3.05) is 0 Å². The molecule has 0 aliphatic rings. The van der Waals surface area contributed by atoms with E-state index < -0.39 is 12.0 Å². The van der Waals surface area contributed by atoms with Gasteiger partial charge in [0.05, 0.1) is 17.1 Å². The zero-order valence-corrected chi connectivity index (χ0v) is 16.3. The number of aliphatic carboxylic acids is 1. The molecule has 3 aromatic rings. The summed E-state index contributed by atoms with van der Waals surface area (Å²) in [7, 11) is 0. The maximum atomic E-state index is 11.5. The molecule has 0 saturated heterocycles. The average Bonchev–Trinajstić information content (AvgIpc) is 2.99. The Morgan fingerprint density at radius 1 is 1.26 bits per heavy atom. The molecule has 6 heteroatoms. The van der Waals surface area contributed by atoms with Gasteiger partial charge in [-0.2, -0.15) is 0 Å². The molecule has 0 spiro atoms.